The van der Waals surface area contributed by atoms with E-state index in [1.165, 1.54) is 6.07 Å². The Morgan fingerprint density at radius 2 is 2.20 bits per heavy atom. The number of carboxylic acid groups (broad SMARTS) is 1. The van der Waals surface area contributed by atoms with Crippen molar-refractivity contribution in [2.24, 2.45) is 0 Å². The van der Waals surface area contributed by atoms with E-state index in [2.05, 4.69) is 9.97 Å². The highest BCUT2D eigenvalue weighted by molar-refractivity contribution is 5.85. The molecular formula is C10H14N2O3. The maximum Gasteiger partial charge on any atom is 0.354 e. The summed E-state index contributed by atoms with van der Waals surface area (Å²) in [5.41, 5.74) is -0.0301. The third kappa shape index (κ3) is 3.19. The van der Waals surface area contributed by atoms with Gasteiger partial charge in [-0.15, -0.1) is 0 Å². The molecule has 1 aromatic rings. The number of hydrogen-bond donors (Lipinski definition) is 1. The van der Waals surface area contributed by atoms with Crippen LogP contribution in [0.3, 0.4) is 0 Å². The summed E-state index contributed by atoms with van der Waals surface area (Å²) in [5.74, 6) is -0.277. The fourth-order valence-electron chi connectivity index (χ4n) is 1.04. The molecule has 1 heterocycles. The normalized spacial score (nSPS) is 10.4. The first kappa shape index (κ1) is 11.4. The molecule has 5 nitrogen and oxygen atoms in total. The van der Waals surface area contributed by atoms with Gasteiger partial charge in [-0.1, -0.05) is 6.92 Å². The van der Waals surface area contributed by atoms with E-state index in [9.17, 15) is 4.79 Å². The Kier molecular flexibility index (Phi) is 3.60. The number of carbonyl (C=O) groups is 1. The van der Waals surface area contributed by atoms with Gasteiger partial charge in [0.1, 0.15) is 5.82 Å². The molecule has 0 aliphatic heterocycles. The third-order valence-corrected chi connectivity index (χ3v) is 1.64. The molecule has 0 saturated carbocycles. The molecule has 1 N–H and O–H groups in total. The average Bonchev–Trinajstić information content (AvgIpc) is 2.16. The Balaban J connectivity index is 3.05. The second-order valence-corrected chi connectivity index (χ2v) is 3.33. The number of nitrogens with zero attached hydrogens (tertiary/aromatic N) is 2. The summed E-state index contributed by atoms with van der Waals surface area (Å²) in [7, 11) is 0. The first-order valence-corrected chi connectivity index (χ1v) is 4.80. The molecule has 0 spiro atoms. The van der Waals surface area contributed by atoms with E-state index in [1.54, 1.807) is 0 Å². The topological polar surface area (TPSA) is 72.3 Å². The minimum Gasteiger partial charge on any atom is -0.477 e. The van der Waals surface area contributed by atoms with Crippen LogP contribution in [0.1, 0.15) is 37.1 Å². The van der Waals surface area contributed by atoms with Crippen LogP contribution in [0.2, 0.25) is 0 Å². The number of hydrogen-bond acceptors (Lipinski definition) is 4. The first-order valence-electron chi connectivity index (χ1n) is 4.80. The van der Waals surface area contributed by atoms with Crippen LogP contribution in [-0.4, -0.2) is 27.1 Å². The van der Waals surface area contributed by atoms with Gasteiger partial charge in [-0.25, -0.2) is 9.78 Å². The monoisotopic (exact) mass is 210 g/mol. The zero-order valence-corrected chi connectivity index (χ0v) is 9.02. The summed E-state index contributed by atoms with van der Waals surface area (Å²) in [6.45, 7) is 5.57. The molecule has 0 unspecified atom stereocenters. The lowest BCUT2D eigenvalue weighted by atomic mass is 10.3. The Hall–Kier alpha value is -1.65. The molecule has 0 radical (unpaired) electrons. The Labute approximate surface area is 88.1 Å². The minimum atomic E-state index is -1.07. The van der Waals surface area contributed by atoms with Gasteiger partial charge in [0, 0.05) is 12.5 Å². The summed E-state index contributed by atoms with van der Waals surface area (Å²) in [6, 6.07) is 1.33. The predicted octanol–water partition coefficient (Wildman–Crippen LogP) is 1.52. The largest absolute Gasteiger partial charge is 0.477 e. The van der Waals surface area contributed by atoms with Crippen LogP contribution in [-0.2, 0) is 6.42 Å². The van der Waals surface area contributed by atoms with Gasteiger partial charge in [0.05, 0.1) is 6.10 Å². The van der Waals surface area contributed by atoms with Gasteiger partial charge in [-0.2, -0.15) is 4.98 Å². The highest BCUT2D eigenvalue weighted by Crippen LogP contribution is 2.11. The molecule has 5 heteroatoms. The molecule has 0 fully saturated rings. The fraction of sp³-hybridized carbons (Fsp3) is 0.500. The second-order valence-electron chi connectivity index (χ2n) is 3.33. The molecule has 0 saturated heterocycles. The fourth-order valence-corrected chi connectivity index (χ4v) is 1.04. The summed E-state index contributed by atoms with van der Waals surface area (Å²) < 4.78 is 5.33. The molecule has 1 rings (SSSR count). The molecular weight excluding hydrogens is 196 g/mol. The Bertz CT molecular complexity index is 364. The summed E-state index contributed by atoms with van der Waals surface area (Å²) >= 11 is 0. The minimum absolute atomic E-state index is 0.0301. The van der Waals surface area contributed by atoms with Crippen LogP contribution in [0.5, 0.6) is 5.88 Å². The summed E-state index contributed by atoms with van der Waals surface area (Å²) in [6.07, 6.45) is 0.543. The smallest absolute Gasteiger partial charge is 0.354 e. The van der Waals surface area contributed by atoms with Crippen molar-refractivity contribution in [3.8, 4) is 5.88 Å². The molecule has 0 amide bonds. The van der Waals surface area contributed by atoms with E-state index >= 15 is 0 Å². The van der Waals surface area contributed by atoms with Crippen molar-refractivity contribution in [2.75, 3.05) is 0 Å². The van der Waals surface area contributed by atoms with E-state index in [0.29, 0.717) is 18.1 Å². The van der Waals surface area contributed by atoms with Crippen molar-refractivity contribution < 1.29 is 14.6 Å². The van der Waals surface area contributed by atoms with Crippen LogP contribution in [0.4, 0.5) is 0 Å². The second kappa shape index (κ2) is 4.72. The molecule has 0 bridgehead atoms. The maximum atomic E-state index is 10.8. The third-order valence-electron chi connectivity index (χ3n) is 1.64. The van der Waals surface area contributed by atoms with E-state index in [4.69, 9.17) is 9.84 Å². The lowest BCUT2D eigenvalue weighted by molar-refractivity contribution is 0.0688. The lowest BCUT2D eigenvalue weighted by Crippen LogP contribution is -2.11. The predicted molar refractivity (Wildman–Crippen MR) is 54.1 cm³/mol. The average molecular weight is 210 g/mol. The molecule has 82 valence electrons. The highest BCUT2D eigenvalue weighted by Gasteiger charge is 2.10. The van der Waals surface area contributed by atoms with Crippen molar-refractivity contribution in [3.05, 3.63) is 17.6 Å². The van der Waals surface area contributed by atoms with Crippen LogP contribution in [0.25, 0.3) is 0 Å². The van der Waals surface area contributed by atoms with Crippen molar-refractivity contribution in [2.45, 2.75) is 33.3 Å². The van der Waals surface area contributed by atoms with Gasteiger partial charge in [-0.3, -0.25) is 0 Å². The number of aromatic nitrogens is 2. The standard InChI is InChI=1S/C10H14N2O3/c1-4-8-11-7(10(13)14)5-9(12-8)15-6(2)3/h5-6H,4H2,1-3H3,(H,13,14). The van der Waals surface area contributed by atoms with Crippen molar-refractivity contribution >= 4 is 5.97 Å². The first-order chi connectivity index (χ1) is 7.02. The maximum absolute atomic E-state index is 10.8. The van der Waals surface area contributed by atoms with E-state index in [1.807, 2.05) is 20.8 Å². The number of rotatable bonds is 4. The van der Waals surface area contributed by atoms with Gasteiger partial charge >= 0.3 is 5.97 Å². The zero-order chi connectivity index (χ0) is 11.4. The van der Waals surface area contributed by atoms with E-state index in [-0.39, 0.29) is 11.8 Å². The van der Waals surface area contributed by atoms with Gasteiger partial charge in [0.25, 0.3) is 0 Å². The van der Waals surface area contributed by atoms with Gasteiger partial charge in [-0.05, 0) is 13.8 Å². The molecule has 15 heavy (non-hydrogen) atoms. The van der Waals surface area contributed by atoms with Gasteiger partial charge in [0.2, 0.25) is 5.88 Å². The summed E-state index contributed by atoms with van der Waals surface area (Å²) in [5, 5.41) is 8.82. The molecule has 0 aliphatic carbocycles. The number of carboxylic acids is 1. The van der Waals surface area contributed by atoms with Gasteiger partial charge in [0.15, 0.2) is 5.69 Å². The van der Waals surface area contributed by atoms with Crippen molar-refractivity contribution in [3.63, 3.8) is 0 Å². The SMILES string of the molecule is CCc1nc(OC(C)C)cc(C(=O)O)n1. The van der Waals surface area contributed by atoms with Crippen LogP contribution in [0.15, 0.2) is 6.07 Å². The van der Waals surface area contributed by atoms with Crippen molar-refractivity contribution in [1.82, 2.24) is 9.97 Å². The quantitative estimate of drug-likeness (QED) is 0.815. The molecule has 0 atom stereocenters. The Morgan fingerprint density at radius 3 is 2.67 bits per heavy atom. The van der Waals surface area contributed by atoms with E-state index < -0.39 is 5.97 Å². The Morgan fingerprint density at radius 1 is 1.53 bits per heavy atom. The summed E-state index contributed by atoms with van der Waals surface area (Å²) in [4.78, 5) is 18.7. The zero-order valence-electron chi connectivity index (χ0n) is 9.02. The van der Waals surface area contributed by atoms with Gasteiger partial charge < -0.3 is 9.84 Å². The molecule has 1 aromatic heterocycles. The van der Waals surface area contributed by atoms with E-state index in [0.717, 1.165) is 0 Å². The van der Waals surface area contributed by atoms with Crippen LogP contribution >= 0.6 is 0 Å². The van der Waals surface area contributed by atoms with Crippen molar-refractivity contribution in [1.29, 1.82) is 0 Å². The molecule has 0 aliphatic rings. The number of aromatic carboxylic acids is 1. The number of ether oxygens (including phenoxy) is 1. The number of aryl methyl sites for hydroxylation is 1. The highest BCUT2D eigenvalue weighted by atomic mass is 16.5. The molecule has 0 aromatic carbocycles. The van der Waals surface area contributed by atoms with Crippen LogP contribution < -0.4 is 4.74 Å². The lowest BCUT2D eigenvalue weighted by Gasteiger charge is -2.09. The van der Waals surface area contributed by atoms with Crippen LogP contribution in [0, 0.1) is 0 Å².